The van der Waals surface area contributed by atoms with E-state index in [1.54, 1.807) is 6.08 Å². The lowest BCUT2D eigenvalue weighted by Gasteiger charge is -2.18. The van der Waals surface area contributed by atoms with Crippen LogP contribution in [0.3, 0.4) is 0 Å². The highest BCUT2D eigenvalue weighted by molar-refractivity contribution is 7.46. The van der Waals surface area contributed by atoms with Gasteiger partial charge in [0.2, 0.25) is 0 Å². The Hall–Kier alpha value is -2.32. The molecule has 0 fully saturated rings. The van der Waals surface area contributed by atoms with Gasteiger partial charge in [0.1, 0.15) is 6.61 Å². The van der Waals surface area contributed by atoms with Gasteiger partial charge in [-0.1, -0.05) is 198 Å². The maximum atomic E-state index is 12.4. The summed E-state index contributed by atoms with van der Waals surface area (Å²) in [6.07, 6.45) is 48.4. The molecular weight excluding hydrogens is 739 g/mol. The van der Waals surface area contributed by atoms with Gasteiger partial charge in [-0.15, -0.1) is 0 Å². The summed E-state index contributed by atoms with van der Waals surface area (Å²) in [6, 6.07) is 0. The van der Waals surface area contributed by atoms with Crippen molar-refractivity contribution in [1.29, 1.82) is 0 Å². The standard InChI is InChI=1S/C47H83O9P/c1-3-5-7-9-11-13-15-17-18-19-20-21-22-23-24-26-28-30-32-34-36-40-47(50)56-45(43-55-57(51,52)53)42-54-46(49)41-37-39-44(48)38-35-33-31-29-27-25-16-14-12-10-8-6-4-2/h12,14,25,27,31,33,35,38,45H,3-11,13,15-24,26,28-30,32,34,36-37,39-43H2,1-2H3,(H2,51,52,53)/b14-12-,27-25-,33-31-,38-35+/t45-/m1/s1. The first-order valence-corrected chi connectivity index (χ1v) is 24.4. The summed E-state index contributed by atoms with van der Waals surface area (Å²) < 4.78 is 26.3. The second-order valence-electron chi connectivity index (χ2n) is 15.4. The maximum absolute atomic E-state index is 12.4. The van der Waals surface area contributed by atoms with Crippen molar-refractivity contribution in [3.05, 3.63) is 48.6 Å². The van der Waals surface area contributed by atoms with Crippen LogP contribution in [0.2, 0.25) is 0 Å². The molecule has 0 bridgehead atoms. The first kappa shape index (κ1) is 54.7. The highest BCUT2D eigenvalue weighted by atomic mass is 31.2. The Morgan fingerprint density at radius 2 is 0.965 bits per heavy atom. The van der Waals surface area contributed by atoms with Crippen molar-refractivity contribution in [2.45, 2.75) is 219 Å². The van der Waals surface area contributed by atoms with Gasteiger partial charge >= 0.3 is 19.8 Å². The quantitative estimate of drug-likeness (QED) is 0.0154. The van der Waals surface area contributed by atoms with Crippen LogP contribution in [0.25, 0.3) is 0 Å². The molecule has 10 heteroatoms. The lowest BCUT2D eigenvalue weighted by molar-refractivity contribution is -0.161. The minimum Gasteiger partial charge on any atom is -0.462 e. The number of ketones is 1. The third-order valence-corrected chi connectivity index (χ3v) is 10.3. The summed E-state index contributed by atoms with van der Waals surface area (Å²) in [5.41, 5.74) is 0. The van der Waals surface area contributed by atoms with Crippen molar-refractivity contribution in [2.75, 3.05) is 13.2 Å². The van der Waals surface area contributed by atoms with Gasteiger partial charge in [0.25, 0.3) is 0 Å². The Kier molecular flexibility index (Phi) is 40.1. The molecule has 0 saturated carbocycles. The van der Waals surface area contributed by atoms with Crippen molar-refractivity contribution >= 4 is 25.5 Å². The topological polar surface area (TPSA) is 136 Å². The van der Waals surface area contributed by atoms with E-state index in [0.717, 1.165) is 38.5 Å². The van der Waals surface area contributed by atoms with Crippen LogP contribution >= 0.6 is 7.82 Å². The number of rotatable bonds is 42. The van der Waals surface area contributed by atoms with Crippen LogP contribution in [0.5, 0.6) is 0 Å². The first-order valence-electron chi connectivity index (χ1n) is 22.9. The van der Waals surface area contributed by atoms with E-state index in [2.05, 4.69) is 42.7 Å². The zero-order valence-electron chi connectivity index (χ0n) is 36.2. The molecule has 0 aromatic carbocycles. The number of esters is 2. The van der Waals surface area contributed by atoms with Crippen LogP contribution in [0.4, 0.5) is 0 Å². The van der Waals surface area contributed by atoms with E-state index in [1.807, 2.05) is 12.2 Å². The highest BCUT2D eigenvalue weighted by Crippen LogP contribution is 2.36. The molecule has 0 aromatic rings. The third-order valence-electron chi connectivity index (χ3n) is 9.83. The minimum absolute atomic E-state index is 0.0211. The molecule has 0 aliphatic carbocycles. The van der Waals surface area contributed by atoms with Crippen LogP contribution in [-0.2, 0) is 32.9 Å². The largest absolute Gasteiger partial charge is 0.469 e. The molecule has 0 aliphatic rings. The molecule has 0 aromatic heterocycles. The van der Waals surface area contributed by atoms with Crippen molar-refractivity contribution < 1.29 is 42.7 Å². The average Bonchev–Trinajstić information content (AvgIpc) is 3.18. The molecule has 330 valence electrons. The Labute approximate surface area is 348 Å². The Bertz CT molecular complexity index is 1120. The minimum atomic E-state index is -4.81. The predicted molar refractivity (Wildman–Crippen MR) is 235 cm³/mol. The number of ether oxygens (including phenoxy) is 2. The predicted octanol–water partition coefficient (Wildman–Crippen LogP) is 13.5. The Morgan fingerprint density at radius 3 is 1.49 bits per heavy atom. The summed E-state index contributed by atoms with van der Waals surface area (Å²) in [7, 11) is -4.81. The monoisotopic (exact) mass is 823 g/mol. The number of hydrogen-bond donors (Lipinski definition) is 2. The normalized spacial score (nSPS) is 12.8. The van der Waals surface area contributed by atoms with Crippen LogP contribution in [0.1, 0.15) is 213 Å². The second-order valence-corrected chi connectivity index (χ2v) is 16.7. The van der Waals surface area contributed by atoms with Crippen molar-refractivity contribution in [2.24, 2.45) is 0 Å². The molecule has 0 aliphatic heterocycles. The van der Waals surface area contributed by atoms with Crippen LogP contribution in [0, 0.1) is 0 Å². The average molecular weight is 823 g/mol. The number of hydrogen-bond acceptors (Lipinski definition) is 7. The molecule has 0 saturated heterocycles. The lowest BCUT2D eigenvalue weighted by atomic mass is 10.0. The summed E-state index contributed by atoms with van der Waals surface area (Å²) in [5, 5.41) is 0. The zero-order valence-corrected chi connectivity index (χ0v) is 37.1. The maximum Gasteiger partial charge on any atom is 0.469 e. The van der Waals surface area contributed by atoms with Gasteiger partial charge < -0.3 is 19.3 Å². The van der Waals surface area contributed by atoms with E-state index in [-0.39, 0.29) is 31.5 Å². The smallest absolute Gasteiger partial charge is 0.462 e. The molecule has 2 N–H and O–H groups in total. The fraction of sp³-hybridized carbons (Fsp3) is 0.766. The molecule has 0 heterocycles. The molecule has 0 rings (SSSR count). The number of carbonyl (C=O) groups is 3. The molecule has 0 unspecified atom stereocenters. The molecule has 0 spiro atoms. The fourth-order valence-electron chi connectivity index (χ4n) is 6.39. The SMILES string of the molecule is CCCCC/C=C\C/C=C\C/C=C\C=C\C(=O)CCCC(=O)OC[C@H](COP(=O)(O)O)OC(=O)CCCCCCCCCCCCCCCCCCCCCCC. The van der Waals surface area contributed by atoms with E-state index in [1.165, 1.54) is 134 Å². The molecule has 0 amide bonds. The summed E-state index contributed by atoms with van der Waals surface area (Å²) in [6.45, 7) is 3.47. The summed E-state index contributed by atoms with van der Waals surface area (Å²) in [5.74, 6) is -1.25. The van der Waals surface area contributed by atoms with Gasteiger partial charge in [0, 0.05) is 19.3 Å². The van der Waals surface area contributed by atoms with Gasteiger partial charge in [-0.3, -0.25) is 18.9 Å². The highest BCUT2D eigenvalue weighted by Gasteiger charge is 2.23. The van der Waals surface area contributed by atoms with Crippen molar-refractivity contribution in [3.8, 4) is 0 Å². The Balaban J connectivity index is 4.01. The molecule has 57 heavy (non-hydrogen) atoms. The molecule has 1 atom stereocenters. The van der Waals surface area contributed by atoms with Crippen LogP contribution in [-0.4, -0.2) is 46.8 Å². The number of allylic oxidation sites excluding steroid dienone is 8. The molecular formula is C47H83O9P. The van der Waals surface area contributed by atoms with E-state index in [9.17, 15) is 18.9 Å². The second kappa shape index (κ2) is 41.8. The van der Waals surface area contributed by atoms with Gasteiger partial charge in [-0.25, -0.2) is 4.57 Å². The van der Waals surface area contributed by atoms with Gasteiger partial charge in [0.05, 0.1) is 6.61 Å². The zero-order chi connectivity index (χ0) is 41.9. The van der Waals surface area contributed by atoms with Gasteiger partial charge in [0.15, 0.2) is 11.9 Å². The number of phosphoric acid groups is 1. The number of unbranched alkanes of at least 4 members (excludes halogenated alkanes) is 23. The number of carbonyl (C=O) groups excluding carboxylic acids is 3. The van der Waals surface area contributed by atoms with Gasteiger partial charge in [-0.2, -0.15) is 0 Å². The van der Waals surface area contributed by atoms with E-state index in [4.69, 9.17) is 19.3 Å². The van der Waals surface area contributed by atoms with Crippen molar-refractivity contribution in [3.63, 3.8) is 0 Å². The van der Waals surface area contributed by atoms with Crippen LogP contribution in [0.15, 0.2) is 48.6 Å². The Morgan fingerprint density at radius 1 is 0.509 bits per heavy atom. The van der Waals surface area contributed by atoms with E-state index < -0.39 is 39.1 Å². The lowest BCUT2D eigenvalue weighted by Crippen LogP contribution is -2.29. The van der Waals surface area contributed by atoms with Crippen molar-refractivity contribution in [1.82, 2.24) is 0 Å². The molecule has 0 radical (unpaired) electrons. The van der Waals surface area contributed by atoms with E-state index >= 15 is 0 Å². The first-order chi connectivity index (χ1) is 27.7. The van der Waals surface area contributed by atoms with E-state index in [0.29, 0.717) is 6.42 Å². The summed E-state index contributed by atoms with van der Waals surface area (Å²) >= 11 is 0. The third kappa shape index (κ3) is 44.6. The molecule has 9 nitrogen and oxygen atoms in total. The summed E-state index contributed by atoms with van der Waals surface area (Å²) in [4.78, 5) is 55.0. The fourth-order valence-corrected chi connectivity index (χ4v) is 6.75. The van der Waals surface area contributed by atoms with Crippen LogP contribution < -0.4 is 0 Å². The number of phosphoric ester groups is 1. The van der Waals surface area contributed by atoms with Gasteiger partial charge in [-0.05, 0) is 44.6 Å².